The fourth-order valence-electron chi connectivity index (χ4n) is 3.04. The number of carbonyl (C=O) groups is 1. The third kappa shape index (κ3) is 3.06. The lowest BCUT2D eigenvalue weighted by molar-refractivity contribution is 0.0927. The molecule has 0 spiro atoms. The highest BCUT2D eigenvalue weighted by Gasteiger charge is 2.24. The van der Waals surface area contributed by atoms with Crippen LogP contribution in [0.5, 0.6) is 0 Å². The van der Waals surface area contributed by atoms with Gasteiger partial charge in [0.1, 0.15) is 5.56 Å². The smallest absolute Gasteiger partial charge is 0.257 e. The van der Waals surface area contributed by atoms with Gasteiger partial charge in [-0.2, -0.15) is 0 Å². The highest BCUT2D eigenvalue weighted by Crippen LogP contribution is 2.27. The second-order valence-electron chi connectivity index (χ2n) is 6.15. The predicted molar refractivity (Wildman–Crippen MR) is 85.8 cm³/mol. The molecule has 0 radical (unpaired) electrons. The zero-order valence-electron chi connectivity index (χ0n) is 13.2. The molecule has 1 N–H and O–H groups in total. The van der Waals surface area contributed by atoms with Crippen molar-refractivity contribution in [1.82, 2.24) is 10.5 Å². The van der Waals surface area contributed by atoms with Crippen LogP contribution in [0.2, 0.25) is 0 Å². The average Bonchev–Trinajstić information content (AvgIpc) is 2.91. The van der Waals surface area contributed by atoms with E-state index in [4.69, 9.17) is 4.52 Å². The SMILES string of the molecule is Cc1ccc(-c2onc(C)c2C(=O)NC2CCCCC2)cc1. The molecule has 1 aromatic carbocycles. The average molecular weight is 298 g/mol. The minimum absolute atomic E-state index is 0.0683. The van der Waals surface area contributed by atoms with E-state index in [0.29, 0.717) is 17.0 Å². The Morgan fingerprint density at radius 2 is 1.82 bits per heavy atom. The van der Waals surface area contributed by atoms with Gasteiger partial charge in [0.25, 0.3) is 5.91 Å². The van der Waals surface area contributed by atoms with E-state index in [1.807, 2.05) is 38.1 Å². The summed E-state index contributed by atoms with van der Waals surface area (Å²) in [4.78, 5) is 12.6. The van der Waals surface area contributed by atoms with Crippen molar-refractivity contribution < 1.29 is 9.32 Å². The molecule has 0 unspecified atom stereocenters. The summed E-state index contributed by atoms with van der Waals surface area (Å²) in [7, 11) is 0. The lowest BCUT2D eigenvalue weighted by Gasteiger charge is -2.22. The maximum absolute atomic E-state index is 12.6. The monoisotopic (exact) mass is 298 g/mol. The van der Waals surface area contributed by atoms with Crippen LogP contribution in [0.25, 0.3) is 11.3 Å². The van der Waals surface area contributed by atoms with E-state index in [1.54, 1.807) is 0 Å². The van der Waals surface area contributed by atoms with Crippen LogP contribution in [0.3, 0.4) is 0 Å². The summed E-state index contributed by atoms with van der Waals surface area (Å²) in [6, 6.07) is 8.23. The fourth-order valence-corrected chi connectivity index (χ4v) is 3.04. The number of hydrogen-bond donors (Lipinski definition) is 1. The van der Waals surface area contributed by atoms with Crippen LogP contribution in [0.15, 0.2) is 28.8 Å². The first-order valence-electron chi connectivity index (χ1n) is 7.99. The highest BCUT2D eigenvalue weighted by atomic mass is 16.5. The summed E-state index contributed by atoms with van der Waals surface area (Å²) in [6.07, 6.45) is 5.79. The summed E-state index contributed by atoms with van der Waals surface area (Å²) in [5.41, 5.74) is 3.27. The van der Waals surface area contributed by atoms with Gasteiger partial charge in [-0.25, -0.2) is 0 Å². The first-order chi connectivity index (χ1) is 10.6. The van der Waals surface area contributed by atoms with Crippen LogP contribution in [0.1, 0.15) is 53.7 Å². The standard InChI is InChI=1S/C18H22N2O2/c1-12-8-10-14(11-9-12)17-16(13(2)20-22-17)18(21)19-15-6-4-3-5-7-15/h8-11,15H,3-7H2,1-2H3,(H,19,21). The zero-order valence-corrected chi connectivity index (χ0v) is 13.2. The molecule has 1 fully saturated rings. The van der Waals surface area contributed by atoms with E-state index >= 15 is 0 Å². The second kappa shape index (κ2) is 6.34. The van der Waals surface area contributed by atoms with Crippen molar-refractivity contribution in [3.63, 3.8) is 0 Å². The Morgan fingerprint density at radius 3 is 2.50 bits per heavy atom. The largest absolute Gasteiger partial charge is 0.355 e. The van der Waals surface area contributed by atoms with Gasteiger partial charge >= 0.3 is 0 Å². The summed E-state index contributed by atoms with van der Waals surface area (Å²) >= 11 is 0. The van der Waals surface area contributed by atoms with Crippen molar-refractivity contribution in [2.75, 3.05) is 0 Å². The molecule has 0 atom stereocenters. The molecule has 0 saturated heterocycles. The van der Waals surface area contributed by atoms with Crippen molar-refractivity contribution in [3.05, 3.63) is 41.1 Å². The van der Waals surface area contributed by atoms with E-state index in [9.17, 15) is 4.79 Å². The number of rotatable bonds is 3. The van der Waals surface area contributed by atoms with Gasteiger partial charge in [-0.1, -0.05) is 54.2 Å². The Bertz CT molecular complexity index is 652. The molecule has 1 heterocycles. The highest BCUT2D eigenvalue weighted by molar-refractivity contribution is 6.00. The molecule has 4 heteroatoms. The molecule has 0 bridgehead atoms. The Morgan fingerprint density at radius 1 is 1.14 bits per heavy atom. The molecule has 3 rings (SSSR count). The topological polar surface area (TPSA) is 55.1 Å². The molecule has 22 heavy (non-hydrogen) atoms. The van der Waals surface area contributed by atoms with Gasteiger partial charge in [0, 0.05) is 11.6 Å². The van der Waals surface area contributed by atoms with Gasteiger partial charge in [0.05, 0.1) is 5.69 Å². The Labute approximate surface area is 130 Å². The molecule has 1 aliphatic carbocycles. The third-order valence-electron chi connectivity index (χ3n) is 4.34. The van der Waals surface area contributed by atoms with Crippen LogP contribution in [-0.2, 0) is 0 Å². The molecule has 1 amide bonds. The van der Waals surface area contributed by atoms with Crippen LogP contribution in [0.4, 0.5) is 0 Å². The number of benzene rings is 1. The van der Waals surface area contributed by atoms with Crippen molar-refractivity contribution in [1.29, 1.82) is 0 Å². The summed E-state index contributed by atoms with van der Waals surface area (Å²) in [5, 5.41) is 7.14. The van der Waals surface area contributed by atoms with Crippen LogP contribution in [0, 0.1) is 13.8 Å². The summed E-state index contributed by atoms with van der Waals surface area (Å²) < 4.78 is 5.42. The van der Waals surface area contributed by atoms with Crippen molar-refractivity contribution in [2.24, 2.45) is 0 Å². The van der Waals surface area contributed by atoms with Crippen LogP contribution in [-0.4, -0.2) is 17.1 Å². The van der Waals surface area contributed by atoms with Crippen molar-refractivity contribution in [2.45, 2.75) is 52.0 Å². The molecule has 116 valence electrons. The number of amides is 1. The number of nitrogens with one attached hydrogen (secondary N) is 1. The molecule has 1 aliphatic rings. The minimum Gasteiger partial charge on any atom is -0.355 e. The van der Waals surface area contributed by atoms with E-state index in [0.717, 1.165) is 18.4 Å². The van der Waals surface area contributed by atoms with E-state index in [-0.39, 0.29) is 11.9 Å². The molecule has 1 saturated carbocycles. The summed E-state index contributed by atoms with van der Waals surface area (Å²) in [6.45, 7) is 3.85. The number of aryl methyl sites for hydroxylation is 2. The number of aromatic nitrogens is 1. The Hall–Kier alpha value is -2.10. The molecular weight excluding hydrogens is 276 g/mol. The first-order valence-corrected chi connectivity index (χ1v) is 7.99. The number of nitrogens with zero attached hydrogens (tertiary/aromatic N) is 1. The van der Waals surface area contributed by atoms with Gasteiger partial charge in [0.2, 0.25) is 0 Å². The van der Waals surface area contributed by atoms with Crippen molar-refractivity contribution >= 4 is 5.91 Å². The maximum Gasteiger partial charge on any atom is 0.257 e. The predicted octanol–water partition coefficient (Wildman–Crippen LogP) is 4.02. The van der Waals surface area contributed by atoms with Gasteiger partial charge in [-0.3, -0.25) is 4.79 Å². The third-order valence-corrected chi connectivity index (χ3v) is 4.34. The van der Waals surface area contributed by atoms with E-state index < -0.39 is 0 Å². The Kier molecular flexibility index (Phi) is 4.27. The van der Waals surface area contributed by atoms with Crippen LogP contribution >= 0.6 is 0 Å². The van der Waals surface area contributed by atoms with E-state index in [1.165, 1.54) is 24.8 Å². The van der Waals surface area contributed by atoms with Gasteiger partial charge in [-0.15, -0.1) is 0 Å². The van der Waals surface area contributed by atoms with Gasteiger partial charge in [-0.05, 0) is 26.7 Å². The lowest BCUT2D eigenvalue weighted by atomic mass is 9.95. The number of carbonyl (C=O) groups excluding carboxylic acids is 1. The minimum atomic E-state index is -0.0683. The molecule has 1 aromatic heterocycles. The fraction of sp³-hybridized carbons (Fsp3) is 0.444. The summed E-state index contributed by atoms with van der Waals surface area (Å²) in [5.74, 6) is 0.493. The zero-order chi connectivity index (χ0) is 15.5. The number of hydrogen-bond acceptors (Lipinski definition) is 3. The molecule has 0 aliphatic heterocycles. The Balaban J connectivity index is 1.85. The second-order valence-corrected chi connectivity index (χ2v) is 6.15. The maximum atomic E-state index is 12.6. The first kappa shape index (κ1) is 14.8. The normalized spacial score (nSPS) is 15.7. The lowest BCUT2D eigenvalue weighted by Crippen LogP contribution is -2.36. The van der Waals surface area contributed by atoms with Gasteiger partial charge in [0.15, 0.2) is 5.76 Å². The van der Waals surface area contributed by atoms with E-state index in [2.05, 4.69) is 10.5 Å². The molecule has 4 nitrogen and oxygen atoms in total. The molecular formula is C18H22N2O2. The van der Waals surface area contributed by atoms with Crippen molar-refractivity contribution in [3.8, 4) is 11.3 Å². The van der Waals surface area contributed by atoms with Gasteiger partial charge < -0.3 is 9.84 Å². The molecule has 2 aromatic rings. The quantitative estimate of drug-likeness (QED) is 0.931. The van der Waals surface area contributed by atoms with Crippen LogP contribution < -0.4 is 5.32 Å².